The molecule has 8 nitrogen and oxygen atoms in total. The first-order chi connectivity index (χ1) is 18.0. The van der Waals surface area contributed by atoms with Crippen molar-refractivity contribution in [2.75, 3.05) is 24.2 Å². The molecule has 0 radical (unpaired) electrons. The molecule has 1 N–H and O–H groups in total. The zero-order valence-electron chi connectivity index (χ0n) is 22.6. The Labute approximate surface area is 231 Å². The van der Waals surface area contributed by atoms with Gasteiger partial charge in [-0.25, -0.2) is 8.42 Å². The van der Waals surface area contributed by atoms with Crippen LogP contribution in [-0.4, -0.2) is 57.1 Å². The summed E-state index contributed by atoms with van der Waals surface area (Å²) in [5, 5.41) is 3.36. The van der Waals surface area contributed by atoms with Crippen molar-refractivity contribution in [1.29, 1.82) is 0 Å². The minimum absolute atomic E-state index is 0.0928. The summed E-state index contributed by atoms with van der Waals surface area (Å²) in [4.78, 5) is 28.8. The van der Waals surface area contributed by atoms with Crippen LogP contribution in [0, 0.1) is 6.92 Å². The molecule has 0 saturated heterocycles. The van der Waals surface area contributed by atoms with E-state index < -0.39 is 28.5 Å². The normalized spacial score (nSPS) is 15.0. The maximum Gasteiger partial charge on any atom is 0.244 e. The summed E-state index contributed by atoms with van der Waals surface area (Å²) in [5.41, 5.74) is 2.13. The van der Waals surface area contributed by atoms with Gasteiger partial charge in [-0.1, -0.05) is 67.6 Å². The van der Waals surface area contributed by atoms with Crippen LogP contribution in [0.25, 0.3) is 0 Å². The molecule has 0 aliphatic heterocycles. The smallest absolute Gasteiger partial charge is 0.244 e. The number of carbonyl (C=O) groups excluding carboxylic acids is 2. The van der Waals surface area contributed by atoms with Crippen molar-refractivity contribution in [3.05, 3.63) is 58.6 Å². The highest BCUT2D eigenvalue weighted by atomic mass is 35.5. The van der Waals surface area contributed by atoms with Gasteiger partial charge in [-0.05, 0) is 49.9 Å². The third-order valence-electron chi connectivity index (χ3n) is 6.88. The van der Waals surface area contributed by atoms with Crippen molar-refractivity contribution < 1.29 is 22.7 Å². The first-order valence-corrected chi connectivity index (χ1v) is 15.2. The maximum atomic E-state index is 13.9. The van der Waals surface area contributed by atoms with Gasteiger partial charge in [-0.15, -0.1) is 0 Å². The largest absolute Gasteiger partial charge is 0.495 e. The molecular weight excluding hydrogens is 526 g/mol. The number of ether oxygens (including phenoxy) is 1. The van der Waals surface area contributed by atoms with Crippen LogP contribution in [-0.2, 0) is 26.2 Å². The van der Waals surface area contributed by atoms with Crippen molar-refractivity contribution in [3.63, 3.8) is 0 Å². The van der Waals surface area contributed by atoms with E-state index in [9.17, 15) is 18.0 Å². The third kappa shape index (κ3) is 7.86. The van der Waals surface area contributed by atoms with Crippen LogP contribution < -0.4 is 14.4 Å². The molecule has 0 aromatic heterocycles. The number of methoxy groups -OCH3 is 1. The summed E-state index contributed by atoms with van der Waals surface area (Å²) in [6.45, 7) is 3.53. The second-order valence-corrected chi connectivity index (χ2v) is 12.2. The number of rotatable bonds is 11. The van der Waals surface area contributed by atoms with Gasteiger partial charge in [0.1, 0.15) is 18.3 Å². The Morgan fingerprint density at radius 2 is 1.84 bits per heavy atom. The Bertz CT molecular complexity index is 1230. The van der Waals surface area contributed by atoms with Gasteiger partial charge >= 0.3 is 0 Å². The number of benzene rings is 2. The maximum absolute atomic E-state index is 13.9. The summed E-state index contributed by atoms with van der Waals surface area (Å²) >= 11 is 6.26. The molecule has 2 aromatic carbocycles. The van der Waals surface area contributed by atoms with Gasteiger partial charge in [-0.2, -0.15) is 0 Å². The Hall–Kier alpha value is -2.78. The lowest BCUT2D eigenvalue weighted by atomic mass is 9.95. The number of amides is 2. The predicted molar refractivity (Wildman–Crippen MR) is 151 cm³/mol. The second kappa shape index (κ2) is 13.3. The number of sulfonamides is 1. The number of hydrogen-bond acceptors (Lipinski definition) is 5. The average Bonchev–Trinajstić information content (AvgIpc) is 2.87. The van der Waals surface area contributed by atoms with E-state index in [-0.39, 0.29) is 29.2 Å². The molecule has 1 atom stereocenters. The lowest BCUT2D eigenvalue weighted by molar-refractivity contribution is -0.140. The molecule has 10 heteroatoms. The molecule has 2 amide bonds. The molecule has 1 fully saturated rings. The first-order valence-electron chi connectivity index (χ1n) is 13.0. The Morgan fingerprint density at radius 3 is 2.42 bits per heavy atom. The number of nitrogens with zero attached hydrogens (tertiary/aromatic N) is 2. The van der Waals surface area contributed by atoms with E-state index in [0.717, 1.165) is 53.8 Å². The molecule has 0 bridgehead atoms. The van der Waals surface area contributed by atoms with Crippen LogP contribution >= 0.6 is 11.6 Å². The minimum atomic E-state index is -3.85. The first kappa shape index (κ1) is 29.8. The van der Waals surface area contributed by atoms with Gasteiger partial charge in [0.2, 0.25) is 21.8 Å². The monoisotopic (exact) mass is 563 g/mol. The number of carbonyl (C=O) groups is 2. The summed E-state index contributed by atoms with van der Waals surface area (Å²) < 4.78 is 31.8. The number of aryl methyl sites for hydroxylation is 1. The van der Waals surface area contributed by atoms with Crippen LogP contribution in [0.2, 0.25) is 5.02 Å². The van der Waals surface area contributed by atoms with Crippen LogP contribution in [0.3, 0.4) is 0 Å². The van der Waals surface area contributed by atoms with Crippen LogP contribution in [0.4, 0.5) is 5.69 Å². The lowest BCUT2D eigenvalue weighted by Gasteiger charge is -2.34. The van der Waals surface area contributed by atoms with Crippen molar-refractivity contribution in [1.82, 2.24) is 10.2 Å². The van der Waals surface area contributed by atoms with Crippen LogP contribution in [0.5, 0.6) is 5.75 Å². The van der Waals surface area contributed by atoms with E-state index in [0.29, 0.717) is 12.2 Å². The van der Waals surface area contributed by atoms with E-state index in [2.05, 4.69) is 5.32 Å². The van der Waals surface area contributed by atoms with E-state index in [1.54, 1.807) is 6.07 Å². The van der Waals surface area contributed by atoms with Crippen molar-refractivity contribution in [2.24, 2.45) is 0 Å². The predicted octanol–water partition coefficient (Wildman–Crippen LogP) is 4.68. The quantitative estimate of drug-likeness (QED) is 0.428. The highest BCUT2D eigenvalue weighted by molar-refractivity contribution is 7.92. The van der Waals surface area contributed by atoms with Crippen molar-refractivity contribution in [3.8, 4) is 5.75 Å². The van der Waals surface area contributed by atoms with Gasteiger partial charge < -0.3 is 15.0 Å². The minimum Gasteiger partial charge on any atom is -0.495 e. The number of anilines is 1. The van der Waals surface area contributed by atoms with E-state index in [1.165, 1.54) is 24.1 Å². The fraction of sp³-hybridized carbons (Fsp3) is 0.500. The van der Waals surface area contributed by atoms with Gasteiger partial charge in [0.05, 0.1) is 24.1 Å². The summed E-state index contributed by atoms with van der Waals surface area (Å²) in [5.74, 6) is -0.296. The van der Waals surface area contributed by atoms with Crippen molar-refractivity contribution in [2.45, 2.75) is 71.0 Å². The van der Waals surface area contributed by atoms with Gasteiger partial charge in [-0.3, -0.25) is 13.9 Å². The highest BCUT2D eigenvalue weighted by Crippen LogP contribution is 2.30. The molecule has 3 rings (SSSR count). The van der Waals surface area contributed by atoms with Crippen LogP contribution in [0.1, 0.15) is 56.6 Å². The number of halogens is 1. The van der Waals surface area contributed by atoms with Gasteiger partial charge in [0.15, 0.2) is 0 Å². The molecule has 0 unspecified atom stereocenters. The Balaban J connectivity index is 1.93. The zero-order chi connectivity index (χ0) is 27.9. The van der Waals surface area contributed by atoms with Gasteiger partial charge in [0.25, 0.3) is 0 Å². The van der Waals surface area contributed by atoms with E-state index in [1.807, 2.05) is 38.1 Å². The molecule has 38 heavy (non-hydrogen) atoms. The topological polar surface area (TPSA) is 96.0 Å². The number of nitrogens with one attached hydrogen (secondary N) is 1. The SMILES string of the molecule is CC[C@H](C(=O)NC1CCCCC1)N(Cc1cccc(C)c1)C(=O)CN(c1ccc(OC)c(Cl)c1)S(C)(=O)=O. The van der Waals surface area contributed by atoms with E-state index >= 15 is 0 Å². The molecule has 1 aliphatic carbocycles. The lowest BCUT2D eigenvalue weighted by Crippen LogP contribution is -2.53. The second-order valence-electron chi connectivity index (χ2n) is 9.87. The Kier molecular flexibility index (Phi) is 10.4. The molecule has 0 heterocycles. The molecule has 2 aromatic rings. The number of hydrogen-bond donors (Lipinski definition) is 1. The summed E-state index contributed by atoms with van der Waals surface area (Å²) in [7, 11) is -2.39. The average molecular weight is 564 g/mol. The highest BCUT2D eigenvalue weighted by Gasteiger charge is 2.33. The fourth-order valence-corrected chi connectivity index (χ4v) is 5.99. The molecule has 0 spiro atoms. The van der Waals surface area contributed by atoms with Gasteiger partial charge in [0, 0.05) is 12.6 Å². The standard InChI is InChI=1S/C28H38ClN3O5S/c1-5-25(28(34)30-22-12-7-6-8-13-22)31(18-21-11-9-10-20(2)16-21)27(33)19-32(38(4,35)36)23-14-15-26(37-3)24(29)17-23/h9-11,14-17,22,25H,5-8,12-13,18-19H2,1-4H3,(H,30,34)/t25-/m1/s1. The zero-order valence-corrected chi connectivity index (χ0v) is 24.1. The summed E-state index contributed by atoms with van der Waals surface area (Å²) in [6, 6.07) is 11.6. The van der Waals surface area contributed by atoms with Crippen molar-refractivity contribution >= 4 is 39.1 Å². The fourth-order valence-electron chi connectivity index (χ4n) is 4.90. The molecule has 1 saturated carbocycles. The molecule has 1 aliphatic rings. The molecule has 208 valence electrons. The Morgan fingerprint density at radius 1 is 1.13 bits per heavy atom. The molecular formula is C28H38ClN3O5S. The van der Waals surface area contributed by atoms with Crippen LogP contribution in [0.15, 0.2) is 42.5 Å². The summed E-state index contributed by atoms with van der Waals surface area (Å²) in [6.07, 6.45) is 6.59. The third-order valence-corrected chi connectivity index (χ3v) is 8.31. The van der Waals surface area contributed by atoms with E-state index in [4.69, 9.17) is 16.3 Å².